The van der Waals surface area contributed by atoms with Gasteiger partial charge in [-0.25, -0.2) is 14.4 Å². The molecule has 1 rings (SSSR count). The molecule has 8 nitrogen and oxygen atoms in total. The number of carbonyl (C=O) groups is 3. The van der Waals surface area contributed by atoms with E-state index in [2.05, 4.69) is 14.5 Å². The molecule has 116 valence electrons. The molecule has 1 heterocycles. The van der Waals surface area contributed by atoms with Crippen LogP contribution in [0.3, 0.4) is 0 Å². The second kappa shape index (κ2) is 6.98. The third-order valence-electron chi connectivity index (χ3n) is 2.74. The molecule has 0 saturated carbocycles. The lowest BCUT2D eigenvalue weighted by Crippen LogP contribution is -2.39. The first-order valence-electron chi connectivity index (χ1n) is 6.18. The number of carbonyl (C=O) groups excluding carboxylic acids is 3. The van der Waals surface area contributed by atoms with Crippen molar-refractivity contribution in [2.24, 2.45) is 4.99 Å². The third-order valence-corrected chi connectivity index (χ3v) is 2.74. The molecule has 0 saturated heterocycles. The molecular weight excluding hydrogens is 282 g/mol. The average Bonchev–Trinajstić information content (AvgIpc) is 2.79. The van der Waals surface area contributed by atoms with Gasteiger partial charge in [-0.1, -0.05) is 6.92 Å². The van der Waals surface area contributed by atoms with Gasteiger partial charge >= 0.3 is 17.9 Å². The Hall–Kier alpha value is -2.22. The Morgan fingerprint density at radius 1 is 1.24 bits per heavy atom. The largest absolute Gasteiger partial charge is 0.465 e. The molecule has 0 aromatic rings. The Balaban J connectivity index is 3.44. The average molecular weight is 299 g/mol. The zero-order valence-electron chi connectivity index (χ0n) is 12.3. The van der Waals surface area contributed by atoms with Crippen molar-refractivity contribution in [3.05, 3.63) is 11.1 Å². The van der Waals surface area contributed by atoms with Crippen molar-refractivity contribution in [1.29, 1.82) is 0 Å². The SMILES string of the molecule is CCCN=CC1(OC)OC(=O)C(C(=O)OC)=C1C(=O)OC. The van der Waals surface area contributed by atoms with Gasteiger partial charge in [0.1, 0.15) is 5.57 Å². The molecule has 1 aliphatic heterocycles. The van der Waals surface area contributed by atoms with E-state index in [1.165, 1.54) is 7.11 Å². The van der Waals surface area contributed by atoms with Gasteiger partial charge in [0, 0.05) is 13.7 Å². The van der Waals surface area contributed by atoms with E-state index >= 15 is 0 Å². The number of aliphatic imine (C=N–C) groups is 1. The van der Waals surface area contributed by atoms with Gasteiger partial charge in [-0.2, -0.15) is 0 Å². The smallest absolute Gasteiger partial charge is 0.349 e. The number of hydrogen-bond acceptors (Lipinski definition) is 8. The molecule has 0 aromatic carbocycles. The second-order valence-corrected chi connectivity index (χ2v) is 4.03. The highest BCUT2D eigenvalue weighted by atomic mass is 16.7. The quantitative estimate of drug-likeness (QED) is 0.295. The summed E-state index contributed by atoms with van der Waals surface area (Å²) in [7, 11) is 3.40. The zero-order valence-corrected chi connectivity index (χ0v) is 12.3. The van der Waals surface area contributed by atoms with Gasteiger partial charge < -0.3 is 18.9 Å². The van der Waals surface area contributed by atoms with Gasteiger partial charge in [0.05, 0.1) is 20.4 Å². The molecule has 0 radical (unpaired) electrons. The minimum atomic E-state index is -1.89. The summed E-state index contributed by atoms with van der Waals surface area (Å²) in [5.74, 6) is -4.87. The Morgan fingerprint density at radius 3 is 2.33 bits per heavy atom. The van der Waals surface area contributed by atoms with Crippen molar-refractivity contribution >= 4 is 24.1 Å². The number of nitrogens with zero attached hydrogens (tertiary/aromatic N) is 1. The summed E-state index contributed by atoms with van der Waals surface area (Å²) >= 11 is 0. The molecule has 1 unspecified atom stereocenters. The molecule has 0 aliphatic carbocycles. The number of cyclic esters (lactones) is 1. The Bertz CT molecular complexity index is 509. The van der Waals surface area contributed by atoms with Crippen LogP contribution >= 0.6 is 0 Å². The number of methoxy groups -OCH3 is 3. The molecule has 0 N–H and O–H groups in total. The second-order valence-electron chi connectivity index (χ2n) is 4.03. The van der Waals surface area contributed by atoms with E-state index in [0.29, 0.717) is 6.54 Å². The summed E-state index contributed by atoms with van der Waals surface area (Å²) in [6, 6.07) is 0. The lowest BCUT2D eigenvalue weighted by atomic mass is 10.0. The molecule has 0 bridgehead atoms. The molecule has 21 heavy (non-hydrogen) atoms. The van der Waals surface area contributed by atoms with E-state index in [4.69, 9.17) is 9.47 Å². The van der Waals surface area contributed by atoms with E-state index in [9.17, 15) is 14.4 Å². The first-order chi connectivity index (χ1) is 9.97. The van der Waals surface area contributed by atoms with Gasteiger partial charge in [0.2, 0.25) is 0 Å². The molecular formula is C13H17NO7. The fourth-order valence-corrected chi connectivity index (χ4v) is 1.75. The van der Waals surface area contributed by atoms with Crippen LogP contribution in [0.4, 0.5) is 0 Å². The van der Waals surface area contributed by atoms with Crippen LogP contribution in [0.25, 0.3) is 0 Å². The fourth-order valence-electron chi connectivity index (χ4n) is 1.75. The fraction of sp³-hybridized carbons (Fsp3) is 0.538. The normalized spacial score (nSPS) is 21.6. The van der Waals surface area contributed by atoms with Crippen LogP contribution in [0.15, 0.2) is 16.1 Å². The predicted molar refractivity (Wildman–Crippen MR) is 70.5 cm³/mol. The van der Waals surface area contributed by atoms with Crippen molar-refractivity contribution in [3.8, 4) is 0 Å². The predicted octanol–water partition coefficient (Wildman–Crippen LogP) is 0.00930. The lowest BCUT2D eigenvalue weighted by Gasteiger charge is -2.23. The van der Waals surface area contributed by atoms with Crippen LogP contribution in [0.2, 0.25) is 0 Å². The van der Waals surface area contributed by atoms with E-state index in [-0.39, 0.29) is 5.57 Å². The summed E-state index contributed by atoms with van der Waals surface area (Å²) < 4.78 is 19.2. The van der Waals surface area contributed by atoms with Gasteiger partial charge in [0.25, 0.3) is 5.79 Å². The zero-order chi connectivity index (χ0) is 16.0. The minimum Gasteiger partial charge on any atom is -0.465 e. The lowest BCUT2D eigenvalue weighted by molar-refractivity contribution is -0.171. The van der Waals surface area contributed by atoms with E-state index in [1.54, 1.807) is 0 Å². The molecule has 0 spiro atoms. The monoisotopic (exact) mass is 299 g/mol. The standard InChI is InChI=1S/C13H17NO7/c1-5-6-14-7-13(20-4)9(12(17)19-3)8(10(15)18-2)11(16)21-13/h7H,5-6H2,1-4H3. The van der Waals surface area contributed by atoms with Crippen molar-refractivity contribution in [3.63, 3.8) is 0 Å². The number of rotatable bonds is 6. The van der Waals surface area contributed by atoms with E-state index in [0.717, 1.165) is 26.9 Å². The summed E-state index contributed by atoms with van der Waals surface area (Å²) in [5.41, 5.74) is -0.946. The van der Waals surface area contributed by atoms with Gasteiger partial charge in [-0.15, -0.1) is 0 Å². The maximum atomic E-state index is 11.9. The molecule has 1 atom stereocenters. The van der Waals surface area contributed by atoms with Crippen molar-refractivity contribution in [2.45, 2.75) is 19.1 Å². The molecule has 0 amide bonds. The Labute approximate surface area is 121 Å². The van der Waals surface area contributed by atoms with Crippen LogP contribution in [0.1, 0.15) is 13.3 Å². The van der Waals surface area contributed by atoms with Crippen LogP contribution < -0.4 is 0 Å². The van der Waals surface area contributed by atoms with Crippen LogP contribution in [-0.2, 0) is 33.3 Å². The summed E-state index contributed by atoms with van der Waals surface area (Å²) in [5, 5.41) is 0. The first kappa shape index (κ1) is 16.8. The molecule has 8 heteroatoms. The summed E-state index contributed by atoms with van der Waals surface area (Å²) in [6.45, 7) is 2.33. The molecule has 0 fully saturated rings. The number of esters is 3. The third kappa shape index (κ3) is 3.10. The summed E-state index contributed by atoms with van der Waals surface area (Å²) in [4.78, 5) is 39.5. The van der Waals surface area contributed by atoms with Gasteiger partial charge in [-0.3, -0.25) is 4.99 Å². The van der Waals surface area contributed by atoms with Gasteiger partial charge in [-0.05, 0) is 6.42 Å². The van der Waals surface area contributed by atoms with Crippen molar-refractivity contribution in [2.75, 3.05) is 27.9 Å². The maximum absolute atomic E-state index is 11.9. The number of hydrogen-bond donors (Lipinski definition) is 0. The van der Waals surface area contributed by atoms with Crippen LogP contribution in [-0.4, -0.2) is 57.8 Å². The minimum absolute atomic E-state index is 0.385. The molecule has 1 aliphatic rings. The number of ether oxygens (including phenoxy) is 4. The summed E-state index contributed by atoms with van der Waals surface area (Å²) in [6.07, 6.45) is 1.90. The van der Waals surface area contributed by atoms with Crippen LogP contribution in [0, 0.1) is 0 Å². The topological polar surface area (TPSA) is 100 Å². The molecule has 0 aromatic heterocycles. The van der Waals surface area contributed by atoms with Crippen LogP contribution in [0.5, 0.6) is 0 Å². The Kier molecular flexibility index (Phi) is 5.60. The highest BCUT2D eigenvalue weighted by Gasteiger charge is 2.54. The highest BCUT2D eigenvalue weighted by Crippen LogP contribution is 2.34. The maximum Gasteiger partial charge on any atom is 0.349 e. The van der Waals surface area contributed by atoms with E-state index in [1.807, 2.05) is 6.92 Å². The van der Waals surface area contributed by atoms with E-state index < -0.39 is 29.3 Å². The van der Waals surface area contributed by atoms with Crippen molar-refractivity contribution < 1.29 is 33.3 Å². The Morgan fingerprint density at radius 2 is 1.86 bits per heavy atom. The highest BCUT2D eigenvalue weighted by molar-refractivity contribution is 6.23. The first-order valence-corrected chi connectivity index (χ1v) is 6.18. The van der Waals surface area contributed by atoms with Gasteiger partial charge in [0.15, 0.2) is 5.57 Å². The van der Waals surface area contributed by atoms with Crippen molar-refractivity contribution in [1.82, 2.24) is 0 Å².